The second-order valence-electron chi connectivity index (χ2n) is 4.33. The summed E-state index contributed by atoms with van der Waals surface area (Å²) in [6.45, 7) is 9.95. The molecule has 0 aromatic rings. The molecule has 0 amide bonds. The van der Waals surface area contributed by atoms with Crippen molar-refractivity contribution in [3.05, 3.63) is 12.3 Å². The standard InChI is InChI=1S/C10H19N3/c1-9-6-13(5-4-12(9)3)10-7-11(2)8-10/h10H,1,4-8H2,2-3H3. The highest BCUT2D eigenvalue weighted by Crippen LogP contribution is 2.17. The van der Waals surface area contributed by atoms with Crippen molar-refractivity contribution in [1.29, 1.82) is 0 Å². The number of rotatable bonds is 1. The summed E-state index contributed by atoms with van der Waals surface area (Å²) in [5, 5.41) is 0. The zero-order valence-electron chi connectivity index (χ0n) is 8.66. The molecule has 74 valence electrons. The molecule has 0 unspecified atom stereocenters. The molecule has 2 fully saturated rings. The van der Waals surface area contributed by atoms with Crippen LogP contribution in [0.2, 0.25) is 0 Å². The van der Waals surface area contributed by atoms with E-state index in [0.29, 0.717) is 0 Å². The van der Waals surface area contributed by atoms with Gasteiger partial charge in [0.05, 0.1) is 0 Å². The molecule has 0 bridgehead atoms. The maximum Gasteiger partial charge on any atom is 0.0382 e. The van der Waals surface area contributed by atoms with E-state index in [1.165, 1.54) is 25.3 Å². The van der Waals surface area contributed by atoms with Gasteiger partial charge >= 0.3 is 0 Å². The highest BCUT2D eigenvalue weighted by atomic mass is 15.3. The molecule has 13 heavy (non-hydrogen) atoms. The molecule has 0 spiro atoms. The van der Waals surface area contributed by atoms with Gasteiger partial charge in [-0.2, -0.15) is 0 Å². The van der Waals surface area contributed by atoms with Gasteiger partial charge < -0.3 is 9.80 Å². The lowest BCUT2D eigenvalue weighted by Crippen LogP contribution is -2.60. The molecule has 2 saturated heterocycles. The Hall–Kier alpha value is -0.540. The van der Waals surface area contributed by atoms with Crippen molar-refractivity contribution in [2.45, 2.75) is 6.04 Å². The van der Waals surface area contributed by atoms with Crippen LogP contribution in [0.15, 0.2) is 12.3 Å². The summed E-state index contributed by atoms with van der Waals surface area (Å²) in [7, 11) is 4.31. The number of piperazine rings is 1. The minimum absolute atomic E-state index is 0.787. The molecule has 2 rings (SSSR count). The molecule has 2 aliphatic heterocycles. The van der Waals surface area contributed by atoms with Crippen LogP contribution in [0.5, 0.6) is 0 Å². The zero-order valence-corrected chi connectivity index (χ0v) is 8.66. The van der Waals surface area contributed by atoms with Gasteiger partial charge in [-0.15, -0.1) is 0 Å². The van der Waals surface area contributed by atoms with E-state index in [2.05, 4.69) is 35.4 Å². The van der Waals surface area contributed by atoms with Crippen molar-refractivity contribution in [2.24, 2.45) is 0 Å². The minimum atomic E-state index is 0.787. The third-order valence-corrected chi connectivity index (χ3v) is 3.21. The number of likely N-dealkylation sites (N-methyl/N-ethyl adjacent to an activating group) is 2. The topological polar surface area (TPSA) is 9.72 Å². The highest BCUT2D eigenvalue weighted by molar-refractivity contribution is 5.02. The monoisotopic (exact) mass is 181 g/mol. The van der Waals surface area contributed by atoms with E-state index in [0.717, 1.165) is 19.1 Å². The molecule has 0 atom stereocenters. The van der Waals surface area contributed by atoms with Crippen molar-refractivity contribution in [3.63, 3.8) is 0 Å². The highest BCUT2D eigenvalue weighted by Gasteiger charge is 2.31. The zero-order chi connectivity index (χ0) is 9.42. The Balaban J connectivity index is 1.85. The third-order valence-electron chi connectivity index (χ3n) is 3.21. The van der Waals surface area contributed by atoms with Gasteiger partial charge in [0.15, 0.2) is 0 Å². The van der Waals surface area contributed by atoms with Crippen molar-refractivity contribution in [2.75, 3.05) is 46.8 Å². The Morgan fingerprint density at radius 1 is 1.23 bits per heavy atom. The summed E-state index contributed by atoms with van der Waals surface area (Å²) in [4.78, 5) is 7.19. The molecule has 3 nitrogen and oxygen atoms in total. The van der Waals surface area contributed by atoms with Crippen LogP contribution in [0.3, 0.4) is 0 Å². The predicted molar refractivity (Wildman–Crippen MR) is 54.6 cm³/mol. The van der Waals surface area contributed by atoms with Crippen molar-refractivity contribution in [3.8, 4) is 0 Å². The van der Waals surface area contributed by atoms with Crippen LogP contribution < -0.4 is 0 Å². The third kappa shape index (κ3) is 1.71. The summed E-state index contributed by atoms with van der Waals surface area (Å²) in [5.74, 6) is 0. The molecule has 0 aromatic heterocycles. The molecule has 2 heterocycles. The normalized spacial score (nSPS) is 27.8. The lowest BCUT2D eigenvalue weighted by atomic mass is 10.1. The first-order valence-electron chi connectivity index (χ1n) is 4.98. The van der Waals surface area contributed by atoms with E-state index in [1.54, 1.807) is 0 Å². The SMILES string of the molecule is C=C1CN(C2CN(C)C2)CCN1C. The lowest BCUT2D eigenvalue weighted by Gasteiger charge is -2.47. The van der Waals surface area contributed by atoms with Gasteiger partial charge in [-0.3, -0.25) is 4.90 Å². The Morgan fingerprint density at radius 2 is 1.92 bits per heavy atom. The Kier molecular flexibility index (Phi) is 2.30. The van der Waals surface area contributed by atoms with Gasteiger partial charge in [-0.25, -0.2) is 0 Å². The lowest BCUT2D eigenvalue weighted by molar-refractivity contribution is 0.0376. The number of nitrogens with zero attached hydrogens (tertiary/aromatic N) is 3. The second-order valence-corrected chi connectivity index (χ2v) is 4.33. The summed E-state index contributed by atoms with van der Waals surface area (Å²) < 4.78 is 0. The largest absolute Gasteiger partial charge is 0.376 e. The van der Waals surface area contributed by atoms with E-state index in [4.69, 9.17) is 0 Å². The molecular weight excluding hydrogens is 162 g/mol. The summed E-state index contributed by atoms with van der Waals surface area (Å²) in [6, 6.07) is 0.787. The molecule has 0 aliphatic carbocycles. The average Bonchev–Trinajstić information content (AvgIpc) is 2.05. The summed E-state index contributed by atoms with van der Waals surface area (Å²) in [6.07, 6.45) is 0. The first kappa shape index (κ1) is 9.03. The van der Waals surface area contributed by atoms with E-state index in [-0.39, 0.29) is 0 Å². The molecule has 0 N–H and O–H groups in total. The fraction of sp³-hybridized carbons (Fsp3) is 0.800. The fourth-order valence-electron chi connectivity index (χ4n) is 2.08. The molecule has 0 radical (unpaired) electrons. The summed E-state index contributed by atoms with van der Waals surface area (Å²) in [5.41, 5.74) is 1.26. The first-order chi connectivity index (χ1) is 6.16. The van der Waals surface area contributed by atoms with Crippen LogP contribution in [0.25, 0.3) is 0 Å². The molecular formula is C10H19N3. The van der Waals surface area contributed by atoms with Gasteiger partial charge in [0.1, 0.15) is 0 Å². The van der Waals surface area contributed by atoms with Crippen LogP contribution >= 0.6 is 0 Å². The van der Waals surface area contributed by atoms with Crippen LogP contribution in [0.4, 0.5) is 0 Å². The predicted octanol–water partition coefficient (Wildman–Crippen LogP) is 0.0615. The fourth-order valence-corrected chi connectivity index (χ4v) is 2.08. The van der Waals surface area contributed by atoms with Crippen LogP contribution in [-0.2, 0) is 0 Å². The number of hydrogen-bond donors (Lipinski definition) is 0. The van der Waals surface area contributed by atoms with Gasteiger partial charge in [0, 0.05) is 51.5 Å². The van der Waals surface area contributed by atoms with Crippen LogP contribution in [0, 0.1) is 0 Å². The van der Waals surface area contributed by atoms with Gasteiger partial charge in [0.25, 0.3) is 0 Å². The van der Waals surface area contributed by atoms with Gasteiger partial charge in [-0.1, -0.05) is 6.58 Å². The van der Waals surface area contributed by atoms with E-state index >= 15 is 0 Å². The first-order valence-corrected chi connectivity index (χ1v) is 4.98. The van der Waals surface area contributed by atoms with E-state index < -0.39 is 0 Å². The average molecular weight is 181 g/mol. The van der Waals surface area contributed by atoms with Crippen molar-refractivity contribution < 1.29 is 0 Å². The number of hydrogen-bond acceptors (Lipinski definition) is 3. The molecule has 0 aromatic carbocycles. The maximum absolute atomic E-state index is 4.08. The van der Waals surface area contributed by atoms with Crippen molar-refractivity contribution >= 4 is 0 Å². The summed E-state index contributed by atoms with van der Waals surface area (Å²) >= 11 is 0. The second kappa shape index (κ2) is 3.31. The molecule has 3 heteroatoms. The van der Waals surface area contributed by atoms with Crippen molar-refractivity contribution in [1.82, 2.24) is 14.7 Å². The van der Waals surface area contributed by atoms with Crippen LogP contribution in [-0.4, -0.2) is 67.6 Å². The van der Waals surface area contributed by atoms with E-state index in [1.807, 2.05) is 0 Å². The van der Waals surface area contributed by atoms with Gasteiger partial charge in [-0.05, 0) is 7.05 Å². The molecule has 0 saturated carbocycles. The maximum atomic E-state index is 4.08. The van der Waals surface area contributed by atoms with E-state index in [9.17, 15) is 0 Å². The van der Waals surface area contributed by atoms with Crippen LogP contribution in [0.1, 0.15) is 0 Å². The Labute approximate surface area is 80.6 Å². The quantitative estimate of drug-likeness (QED) is 0.566. The Bertz CT molecular complexity index is 208. The van der Waals surface area contributed by atoms with Gasteiger partial charge in [0.2, 0.25) is 0 Å². The Morgan fingerprint density at radius 3 is 2.46 bits per heavy atom. The molecule has 2 aliphatic rings. The minimum Gasteiger partial charge on any atom is -0.376 e. The smallest absolute Gasteiger partial charge is 0.0382 e. The number of likely N-dealkylation sites (tertiary alicyclic amines) is 1.